The predicted octanol–water partition coefficient (Wildman–Crippen LogP) is 2.26. The molecule has 1 amide bonds. The van der Waals surface area contributed by atoms with Gasteiger partial charge < -0.3 is 10.2 Å². The first kappa shape index (κ1) is 18.1. The minimum atomic E-state index is -3.90. The fourth-order valence-electron chi connectivity index (χ4n) is 3.22. The zero-order chi connectivity index (χ0) is 19.9. The quantitative estimate of drug-likeness (QED) is 0.702. The largest absolute Gasteiger partial charge is 0.322 e. The van der Waals surface area contributed by atoms with E-state index in [2.05, 4.69) is 15.3 Å². The first-order valence-corrected chi connectivity index (χ1v) is 10.00. The van der Waals surface area contributed by atoms with Gasteiger partial charge in [0.15, 0.2) is 0 Å². The van der Waals surface area contributed by atoms with E-state index in [9.17, 15) is 13.2 Å². The van der Waals surface area contributed by atoms with E-state index in [1.165, 1.54) is 18.5 Å². The Labute approximate surface area is 162 Å². The second-order valence-corrected chi connectivity index (χ2v) is 7.98. The minimum Gasteiger partial charge on any atom is -0.322 e. The number of benzene rings is 2. The van der Waals surface area contributed by atoms with E-state index in [-0.39, 0.29) is 10.8 Å². The Kier molecular flexibility index (Phi) is 4.33. The number of carbonyl (C=O) groups excluding carboxylic acids is 1. The number of aryl methyl sites for hydroxylation is 1. The fraction of sp³-hybridized carbons (Fsp3) is 0.105. The standard InChI is InChI=1S/C19H17N5O3S/c1-12-9-17(22-11-21-12)24-16-8-7-14(28(20,26)27)10-15(16)23-19(25)18(24)13-5-3-2-4-6-13/h2-11,18H,1H3,(H,23,25)(H2,20,26,27). The first-order chi connectivity index (χ1) is 13.3. The molecule has 1 atom stereocenters. The van der Waals surface area contributed by atoms with Crippen LogP contribution in [0.25, 0.3) is 0 Å². The number of hydrogen-bond acceptors (Lipinski definition) is 6. The third kappa shape index (κ3) is 3.21. The Balaban J connectivity index is 1.94. The van der Waals surface area contributed by atoms with E-state index in [4.69, 9.17) is 5.14 Å². The van der Waals surface area contributed by atoms with Crippen molar-refractivity contribution in [2.24, 2.45) is 5.14 Å². The minimum absolute atomic E-state index is 0.0801. The fourth-order valence-corrected chi connectivity index (χ4v) is 3.76. The van der Waals surface area contributed by atoms with Crippen molar-refractivity contribution >= 4 is 33.1 Å². The van der Waals surface area contributed by atoms with Crippen molar-refractivity contribution in [1.29, 1.82) is 0 Å². The number of nitrogens with zero attached hydrogens (tertiary/aromatic N) is 3. The summed E-state index contributed by atoms with van der Waals surface area (Å²) in [6, 6.07) is 14.8. The van der Waals surface area contributed by atoms with Gasteiger partial charge in [0.25, 0.3) is 5.91 Å². The maximum absolute atomic E-state index is 13.0. The van der Waals surface area contributed by atoms with Crippen molar-refractivity contribution in [1.82, 2.24) is 9.97 Å². The van der Waals surface area contributed by atoms with E-state index >= 15 is 0 Å². The van der Waals surface area contributed by atoms with Gasteiger partial charge in [-0.15, -0.1) is 0 Å². The number of aromatic nitrogens is 2. The molecule has 3 N–H and O–H groups in total. The van der Waals surface area contributed by atoms with Crippen LogP contribution in [0.4, 0.5) is 17.2 Å². The molecule has 3 aromatic rings. The molecule has 1 unspecified atom stereocenters. The molecule has 0 fully saturated rings. The first-order valence-electron chi connectivity index (χ1n) is 8.45. The molecule has 1 aliphatic heterocycles. The molecule has 2 aromatic carbocycles. The summed E-state index contributed by atoms with van der Waals surface area (Å²) >= 11 is 0. The van der Waals surface area contributed by atoms with Gasteiger partial charge in [-0.2, -0.15) is 0 Å². The Bertz CT molecular complexity index is 1170. The second kappa shape index (κ2) is 6.70. The summed E-state index contributed by atoms with van der Waals surface area (Å²) in [5.74, 6) is 0.224. The van der Waals surface area contributed by atoms with Crippen molar-refractivity contribution < 1.29 is 13.2 Å². The normalized spacial score (nSPS) is 16.4. The number of sulfonamides is 1. The molecule has 0 saturated heterocycles. The number of primary sulfonamides is 1. The highest BCUT2D eigenvalue weighted by atomic mass is 32.2. The molecule has 4 rings (SSSR count). The number of hydrogen-bond donors (Lipinski definition) is 2. The summed E-state index contributed by atoms with van der Waals surface area (Å²) in [6.45, 7) is 1.83. The molecule has 9 heteroatoms. The second-order valence-electron chi connectivity index (χ2n) is 6.41. The third-order valence-corrected chi connectivity index (χ3v) is 5.38. The SMILES string of the molecule is Cc1cc(N2c3ccc(S(N)(=O)=O)cc3NC(=O)C2c2ccccc2)ncn1. The van der Waals surface area contributed by atoms with Crippen LogP contribution in [0.1, 0.15) is 17.3 Å². The van der Waals surface area contributed by atoms with Crippen molar-refractivity contribution in [2.45, 2.75) is 17.9 Å². The van der Waals surface area contributed by atoms with E-state index in [0.29, 0.717) is 17.2 Å². The van der Waals surface area contributed by atoms with Crippen LogP contribution in [0.5, 0.6) is 0 Å². The van der Waals surface area contributed by atoms with Gasteiger partial charge in [0, 0.05) is 11.8 Å². The van der Waals surface area contributed by atoms with Crippen molar-refractivity contribution in [3.8, 4) is 0 Å². The van der Waals surface area contributed by atoms with Gasteiger partial charge >= 0.3 is 0 Å². The zero-order valence-corrected chi connectivity index (χ0v) is 15.7. The summed E-state index contributed by atoms with van der Waals surface area (Å²) in [7, 11) is -3.90. The van der Waals surface area contributed by atoms with Crippen LogP contribution in [0.2, 0.25) is 0 Å². The molecule has 0 aliphatic carbocycles. The highest BCUT2D eigenvalue weighted by molar-refractivity contribution is 7.89. The monoisotopic (exact) mass is 395 g/mol. The predicted molar refractivity (Wildman–Crippen MR) is 105 cm³/mol. The van der Waals surface area contributed by atoms with Gasteiger partial charge in [0.1, 0.15) is 18.2 Å². The Morgan fingerprint density at radius 1 is 1.07 bits per heavy atom. The summed E-state index contributed by atoms with van der Waals surface area (Å²) in [5, 5.41) is 8.03. The van der Waals surface area contributed by atoms with Crippen LogP contribution in [0, 0.1) is 6.92 Å². The Hall–Kier alpha value is -3.30. The van der Waals surface area contributed by atoms with Gasteiger partial charge in [0.2, 0.25) is 10.0 Å². The van der Waals surface area contributed by atoms with Crippen LogP contribution >= 0.6 is 0 Å². The number of nitrogens with one attached hydrogen (secondary N) is 1. The average molecular weight is 395 g/mol. The topological polar surface area (TPSA) is 118 Å². The van der Waals surface area contributed by atoms with Crippen molar-refractivity contribution in [3.05, 3.63) is 72.2 Å². The van der Waals surface area contributed by atoms with E-state index < -0.39 is 16.1 Å². The molecule has 0 saturated carbocycles. The zero-order valence-electron chi connectivity index (χ0n) is 14.9. The number of carbonyl (C=O) groups is 1. The van der Waals surface area contributed by atoms with Crippen molar-refractivity contribution in [3.63, 3.8) is 0 Å². The van der Waals surface area contributed by atoms with E-state index in [1.807, 2.05) is 37.3 Å². The molecule has 8 nitrogen and oxygen atoms in total. The molecule has 0 radical (unpaired) electrons. The van der Waals surface area contributed by atoms with Crippen LogP contribution in [0.3, 0.4) is 0 Å². The van der Waals surface area contributed by atoms with E-state index in [1.54, 1.807) is 17.0 Å². The van der Waals surface area contributed by atoms with Crippen LogP contribution in [-0.4, -0.2) is 24.3 Å². The lowest BCUT2D eigenvalue weighted by Crippen LogP contribution is -2.39. The molecule has 0 spiro atoms. The van der Waals surface area contributed by atoms with Crippen LogP contribution in [0.15, 0.2) is 65.8 Å². The Morgan fingerprint density at radius 2 is 1.82 bits per heavy atom. The molecular weight excluding hydrogens is 378 g/mol. The Morgan fingerprint density at radius 3 is 2.50 bits per heavy atom. The lowest BCUT2D eigenvalue weighted by Gasteiger charge is -2.37. The third-order valence-electron chi connectivity index (χ3n) is 4.47. The maximum Gasteiger partial charge on any atom is 0.252 e. The molecule has 28 heavy (non-hydrogen) atoms. The summed E-state index contributed by atoms with van der Waals surface area (Å²) in [4.78, 5) is 23.2. The van der Waals surface area contributed by atoms with Gasteiger partial charge in [-0.25, -0.2) is 23.5 Å². The summed E-state index contributed by atoms with van der Waals surface area (Å²) < 4.78 is 23.4. The highest BCUT2D eigenvalue weighted by Crippen LogP contribution is 2.43. The molecule has 0 bridgehead atoms. The average Bonchev–Trinajstić information content (AvgIpc) is 2.66. The molecule has 1 aromatic heterocycles. The number of anilines is 3. The maximum atomic E-state index is 13.0. The molecular formula is C19H17N5O3S. The number of fused-ring (bicyclic) bond motifs is 1. The van der Waals surface area contributed by atoms with Crippen LogP contribution in [-0.2, 0) is 14.8 Å². The van der Waals surface area contributed by atoms with Gasteiger partial charge in [-0.05, 0) is 30.7 Å². The number of nitrogens with two attached hydrogens (primary N) is 1. The lowest BCUT2D eigenvalue weighted by atomic mass is 10.00. The molecule has 1 aliphatic rings. The molecule has 2 heterocycles. The smallest absolute Gasteiger partial charge is 0.252 e. The van der Waals surface area contributed by atoms with Gasteiger partial charge in [-0.1, -0.05) is 30.3 Å². The van der Waals surface area contributed by atoms with Crippen LogP contribution < -0.4 is 15.4 Å². The summed E-state index contributed by atoms with van der Waals surface area (Å²) in [5.41, 5.74) is 2.47. The summed E-state index contributed by atoms with van der Waals surface area (Å²) in [6.07, 6.45) is 1.43. The number of amides is 1. The van der Waals surface area contributed by atoms with Crippen molar-refractivity contribution in [2.75, 3.05) is 10.2 Å². The highest BCUT2D eigenvalue weighted by Gasteiger charge is 2.36. The number of rotatable bonds is 3. The van der Waals surface area contributed by atoms with E-state index in [0.717, 1.165) is 11.3 Å². The van der Waals surface area contributed by atoms with Gasteiger partial charge in [0.05, 0.1) is 16.3 Å². The molecule has 142 valence electrons. The lowest BCUT2D eigenvalue weighted by molar-refractivity contribution is -0.117. The van der Waals surface area contributed by atoms with Gasteiger partial charge in [-0.3, -0.25) is 4.79 Å².